The van der Waals surface area contributed by atoms with Gasteiger partial charge < -0.3 is 15.3 Å². The number of aliphatic hydroxyl groups is 1. The topological polar surface area (TPSA) is 52.6 Å². The van der Waals surface area contributed by atoms with Crippen LogP contribution in [0.25, 0.3) is 0 Å². The predicted octanol–water partition coefficient (Wildman–Crippen LogP) is 0.758. The molecule has 0 aliphatic carbocycles. The summed E-state index contributed by atoms with van der Waals surface area (Å²) >= 11 is 0. The van der Waals surface area contributed by atoms with E-state index >= 15 is 0 Å². The number of nitrogens with one attached hydrogen (secondary N) is 1. The van der Waals surface area contributed by atoms with Gasteiger partial charge in [0.05, 0.1) is 12.1 Å². The lowest BCUT2D eigenvalue weighted by Gasteiger charge is -2.24. The summed E-state index contributed by atoms with van der Waals surface area (Å²) in [5.41, 5.74) is 1.13. The summed E-state index contributed by atoms with van der Waals surface area (Å²) in [6.07, 6.45) is 0.124. The van der Waals surface area contributed by atoms with E-state index in [0.29, 0.717) is 26.1 Å². The van der Waals surface area contributed by atoms with Crippen LogP contribution in [0.5, 0.6) is 0 Å². The highest BCUT2D eigenvalue weighted by molar-refractivity contribution is 5.82. The summed E-state index contributed by atoms with van der Waals surface area (Å²) in [6, 6.07) is 9.73. The van der Waals surface area contributed by atoms with Crippen molar-refractivity contribution in [3.8, 4) is 0 Å². The molecule has 0 aromatic heterocycles. The minimum atomic E-state index is -0.394. The molecule has 2 atom stereocenters. The van der Waals surface area contributed by atoms with Gasteiger partial charge in [0.25, 0.3) is 0 Å². The fourth-order valence-electron chi connectivity index (χ4n) is 2.27. The van der Waals surface area contributed by atoms with Gasteiger partial charge in [-0.25, -0.2) is 0 Å². The molecule has 1 amide bonds. The average molecular weight is 248 g/mol. The van der Waals surface area contributed by atoms with Crippen molar-refractivity contribution in [3.63, 3.8) is 0 Å². The van der Waals surface area contributed by atoms with E-state index in [1.807, 2.05) is 42.2 Å². The number of carbonyl (C=O) groups is 1. The summed E-state index contributed by atoms with van der Waals surface area (Å²) < 4.78 is 0. The third-order valence-electron chi connectivity index (χ3n) is 3.32. The number of rotatable bonds is 4. The zero-order valence-electron chi connectivity index (χ0n) is 10.7. The van der Waals surface area contributed by atoms with Gasteiger partial charge in [-0.3, -0.25) is 4.79 Å². The van der Waals surface area contributed by atoms with Crippen LogP contribution in [0.3, 0.4) is 0 Å². The maximum atomic E-state index is 12.3. The van der Waals surface area contributed by atoms with Crippen LogP contribution in [0.2, 0.25) is 0 Å². The lowest BCUT2D eigenvalue weighted by Crippen LogP contribution is -2.43. The number of benzene rings is 1. The van der Waals surface area contributed by atoms with Gasteiger partial charge in [-0.05, 0) is 18.9 Å². The van der Waals surface area contributed by atoms with Gasteiger partial charge >= 0.3 is 0 Å². The zero-order valence-corrected chi connectivity index (χ0v) is 10.7. The van der Waals surface area contributed by atoms with Crippen LogP contribution < -0.4 is 5.32 Å². The Hall–Kier alpha value is -1.39. The van der Waals surface area contributed by atoms with Crippen LogP contribution in [-0.4, -0.2) is 41.1 Å². The third kappa shape index (κ3) is 3.09. The molecule has 0 radical (unpaired) electrons. The first-order valence-corrected chi connectivity index (χ1v) is 6.45. The Labute approximate surface area is 108 Å². The van der Waals surface area contributed by atoms with Crippen LogP contribution in [0.4, 0.5) is 0 Å². The van der Waals surface area contributed by atoms with E-state index in [2.05, 4.69) is 5.32 Å². The molecular weight excluding hydrogens is 228 g/mol. The van der Waals surface area contributed by atoms with Gasteiger partial charge in [0, 0.05) is 19.6 Å². The molecule has 1 unspecified atom stereocenters. The van der Waals surface area contributed by atoms with Gasteiger partial charge in [0.2, 0.25) is 5.91 Å². The molecular formula is C14H20N2O2. The fraction of sp³-hybridized carbons (Fsp3) is 0.500. The van der Waals surface area contributed by atoms with E-state index in [1.165, 1.54) is 0 Å². The van der Waals surface area contributed by atoms with Crippen LogP contribution >= 0.6 is 0 Å². The summed E-state index contributed by atoms with van der Waals surface area (Å²) in [7, 11) is 0. The Kier molecular flexibility index (Phi) is 4.33. The quantitative estimate of drug-likeness (QED) is 0.827. The zero-order chi connectivity index (χ0) is 13.0. The smallest absolute Gasteiger partial charge is 0.240 e. The molecule has 1 aromatic rings. The first-order valence-electron chi connectivity index (χ1n) is 6.45. The van der Waals surface area contributed by atoms with E-state index in [9.17, 15) is 9.90 Å². The number of carbonyl (C=O) groups excluding carboxylic acids is 1. The molecule has 0 bridgehead atoms. The first-order chi connectivity index (χ1) is 8.70. The summed E-state index contributed by atoms with van der Waals surface area (Å²) in [5.74, 6) is 0.0814. The number of β-amino-alcohol motifs (C(OH)–C–C–N with tert-alkyl or cyclic N) is 1. The molecule has 18 heavy (non-hydrogen) atoms. The average Bonchev–Trinajstić information content (AvgIpc) is 2.83. The molecule has 4 heteroatoms. The molecule has 98 valence electrons. The molecule has 1 fully saturated rings. The second-order valence-corrected chi connectivity index (χ2v) is 4.69. The number of hydrogen-bond acceptors (Lipinski definition) is 3. The highest BCUT2D eigenvalue weighted by Crippen LogP contribution is 2.12. The summed E-state index contributed by atoms with van der Waals surface area (Å²) in [5, 5.41) is 12.5. The van der Waals surface area contributed by atoms with Gasteiger partial charge in [0.15, 0.2) is 0 Å². The van der Waals surface area contributed by atoms with Crippen molar-refractivity contribution in [2.45, 2.75) is 32.0 Å². The fourth-order valence-corrected chi connectivity index (χ4v) is 2.27. The van der Waals surface area contributed by atoms with Gasteiger partial charge in [-0.15, -0.1) is 0 Å². The minimum Gasteiger partial charge on any atom is -0.392 e. The number of aliphatic hydroxyl groups excluding tert-OH is 1. The molecule has 4 nitrogen and oxygen atoms in total. The lowest BCUT2D eigenvalue weighted by atomic mass is 10.1. The van der Waals surface area contributed by atoms with Gasteiger partial charge in [-0.2, -0.15) is 0 Å². The van der Waals surface area contributed by atoms with Crippen molar-refractivity contribution in [3.05, 3.63) is 35.9 Å². The van der Waals surface area contributed by atoms with Crippen LogP contribution in [0.15, 0.2) is 30.3 Å². The normalized spacial score (nSPS) is 23.0. The molecule has 0 saturated carbocycles. The van der Waals surface area contributed by atoms with E-state index in [1.54, 1.807) is 0 Å². The summed E-state index contributed by atoms with van der Waals surface area (Å²) in [6.45, 7) is 3.80. The maximum Gasteiger partial charge on any atom is 0.240 e. The molecule has 1 saturated heterocycles. The molecule has 1 aliphatic heterocycles. The Morgan fingerprint density at radius 2 is 2.17 bits per heavy atom. The van der Waals surface area contributed by atoms with Gasteiger partial charge in [0.1, 0.15) is 0 Å². The maximum absolute atomic E-state index is 12.3. The largest absolute Gasteiger partial charge is 0.392 e. The summed E-state index contributed by atoms with van der Waals surface area (Å²) in [4.78, 5) is 14.1. The molecule has 0 spiro atoms. The van der Waals surface area contributed by atoms with Crippen molar-refractivity contribution in [1.82, 2.24) is 10.2 Å². The Morgan fingerprint density at radius 3 is 2.72 bits per heavy atom. The number of hydrogen-bond donors (Lipinski definition) is 2. The predicted molar refractivity (Wildman–Crippen MR) is 69.9 cm³/mol. The van der Waals surface area contributed by atoms with Crippen LogP contribution in [-0.2, 0) is 11.3 Å². The van der Waals surface area contributed by atoms with E-state index in [4.69, 9.17) is 0 Å². The van der Waals surface area contributed by atoms with Gasteiger partial charge in [-0.1, -0.05) is 30.3 Å². The molecule has 1 aromatic carbocycles. The molecule has 1 aliphatic rings. The Bertz CT molecular complexity index is 394. The monoisotopic (exact) mass is 248 g/mol. The highest BCUT2D eigenvalue weighted by Gasteiger charge is 2.30. The first kappa shape index (κ1) is 13.1. The Balaban J connectivity index is 1.98. The van der Waals surface area contributed by atoms with E-state index < -0.39 is 6.10 Å². The van der Waals surface area contributed by atoms with Crippen molar-refractivity contribution >= 4 is 5.91 Å². The third-order valence-corrected chi connectivity index (χ3v) is 3.32. The standard InChI is InChI=1S/C14H20N2O2/c1-2-16(10-11-6-4-3-5-7-11)14(18)13-8-12(17)9-15-13/h3-7,12-13,15,17H,2,8-10H2,1H3/t12?,13-/m0/s1. The number of amides is 1. The van der Waals surface area contributed by atoms with Crippen molar-refractivity contribution < 1.29 is 9.90 Å². The highest BCUT2D eigenvalue weighted by atomic mass is 16.3. The molecule has 1 heterocycles. The molecule has 2 rings (SSSR count). The SMILES string of the molecule is CCN(Cc1ccccc1)C(=O)[C@@H]1CC(O)CN1. The van der Waals surface area contributed by atoms with E-state index in [-0.39, 0.29) is 11.9 Å². The second kappa shape index (κ2) is 5.98. The lowest BCUT2D eigenvalue weighted by molar-refractivity contribution is -0.133. The number of nitrogens with zero attached hydrogens (tertiary/aromatic N) is 1. The van der Waals surface area contributed by atoms with Crippen molar-refractivity contribution in [1.29, 1.82) is 0 Å². The van der Waals surface area contributed by atoms with E-state index in [0.717, 1.165) is 5.56 Å². The van der Waals surface area contributed by atoms with Crippen molar-refractivity contribution in [2.24, 2.45) is 0 Å². The van der Waals surface area contributed by atoms with Crippen LogP contribution in [0, 0.1) is 0 Å². The second-order valence-electron chi connectivity index (χ2n) is 4.69. The Morgan fingerprint density at radius 1 is 1.44 bits per heavy atom. The minimum absolute atomic E-state index is 0.0814. The van der Waals surface area contributed by atoms with Crippen LogP contribution in [0.1, 0.15) is 18.9 Å². The van der Waals surface area contributed by atoms with Crippen molar-refractivity contribution in [2.75, 3.05) is 13.1 Å². The molecule has 2 N–H and O–H groups in total. The number of likely N-dealkylation sites (N-methyl/N-ethyl adjacent to an activating group) is 1.